The molecule has 2 rings (SSSR count). The van der Waals surface area contributed by atoms with Crippen LogP contribution in [0.1, 0.15) is 0 Å². The van der Waals surface area contributed by atoms with E-state index >= 15 is 0 Å². The summed E-state index contributed by atoms with van der Waals surface area (Å²) in [4.78, 5) is 35.5. The van der Waals surface area contributed by atoms with Gasteiger partial charge in [0.15, 0.2) is 0 Å². The van der Waals surface area contributed by atoms with E-state index in [2.05, 4.69) is 15.7 Å². The van der Waals surface area contributed by atoms with Gasteiger partial charge >= 0.3 is 0 Å². The van der Waals surface area contributed by atoms with Crippen LogP contribution in [-0.2, 0) is 20.9 Å². The van der Waals surface area contributed by atoms with Crippen molar-refractivity contribution in [1.82, 2.24) is 20.4 Å². The predicted molar refractivity (Wildman–Crippen MR) is 83.9 cm³/mol. The summed E-state index contributed by atoms with van der Waals surface area (Å²) in [6.45, 7) is 0.368. The molecule has 2 amide bonds. The van der Waals surface area contributed by atoms with E-state index < -0.39 is 5.91 Å². The summed E-state index contributed by atoms with van der Waals surface area (Å²) in [5.41, 5.74) is -0.345. The molecule has 0 bridgehead atoms. The van der Waals surface area contributed by atoms with Gasteiger partial charge in [-0.1, -0.05) is 18.2 Å². The smallest absolute Gasteiger partial charge is 0.275 e. The van der Waals surface area contributed by atoms with Gasteiger partial charge in [0, 0.05) is 19.0 Å². The molecule has 23 heavy (non-hydrogen) atoms. The van der Waals surface area contributed by atoms with E-state index in [0.717, 1.165) is 4.68 Å². The summed E-state index contributed by atoms with van der Waals surface area (Å²) in [5.74, 6) is -0.786. The second kappa shape index (κ2) is 8.04. The van der Waals surface area contributed by atoms with Crippen LogP contribution in [-0.4, -0.2) is 48.4 Å². The number of methoxy groups -OCH3 is 1. The molecule has 122 valence electrons. The number of ether oxygens (including phenoxy) is 1. The van der Waals surface area contributed by atoms with Gasteiger partial charge in [-0.25, -0.2) is 4.68 Å². The third kappa shape index (κ3) is 4.62. The maximum Gasteiger partial charge on any atom is 0.275 e. The number of carbonyl (C=O) groups is 2. The summed E-state index contributed by atoms with van der Waals surface area (Å²) in [6.07, 6.45) is 1.53. The van der Waals surface area contributed by atoms with Crippen LogP contribution in [0.25, 0.3) is 10.8 Å². The van der Waals surface area contributed by atoms with E-state index in [1.165, 1.54) is 13.3 Å². The van der Waals surface area contributed by atoms with Crippen LogP contribution in [0.5, 0.6) is 0 Å². The maximum absolute atomic E-state index is 12.2. The van der Waals surface area contributed by atoms with Gasteiger partial charge in [-0.15, -0.1) is 0 Å². The van der Waals surface area contributed by atoms with E-state index in [9.17, 15) is 14.4 Å². The summed E-state index contributed by atoms with van der Waals surface area (Å²) >= 11 is 0. The molecule has 0 aliphatic carbocycles. The minimum absolute atomic E-state index is 0.162. The van der Waals surface area contributed by atoms with Crippen LogP contribution in [0, 0.1) is 0 Å². The molecule has 0 aliphatic rings. The van der Waals surface area contributed by atoms with E-state index in [1.54, 1.807) is 18.2 Å². The quantitative estimate of drug-likeness (QED) is 0.656. The molecule has 0 atom stereocenters. The van der Waals surface area contributed by atoms with Gasteiger partial charge < -0.3 is 15.4 Å². The number of hydrogen-bond acceptors (Lipinski definition) is 5. The first-order valence-corrected chi connectivity index (χ1v) is 7.09. The lowest BCUT2D eigenvalue weighted by Gasteiger charge is -2.08. The van der Waals surface area contributed by atoms with Crippen molar-refractivity contribution in [3.05, 3.63) is 40.8 Å². The molecule has 0 unspecified atom stereocenters. The van der Waals surface area contributed by atoms with Crippen molar-refractivity contribution in [3.63, 3.8) is 0 Å². The zero-order valence-electron chi connectivity index (χ0n) is 12.7. The van der Waals surface area contributed by atoms with Crippen molar-refractivity contribution in [2.75, 3.05) is 26.8 Å². The lowest BCUT2D eigenvalue weighted by molar-refractivity contribution is -0.126. The first-order valence-electron chi connectivity index (χ1n) is 7.09. The molecule has 0 fully saturated rings. The molecule has 8 nitrogen and oxygen atoms in total. The molecule has 1 heterocycles. The molecule has 8 heteroatoms. The van der Waals surface area contributed by atoms with E-state index in [-0.39, 0.29) is 24.6 Å². The fourth-order valence-corrected chi connectivity index (χ4v) is 1.97. The molecular formula is C15H18N4O4. The molecule has 1 aromatic carbocycles. The van der Waals surface area contributed by atoms with Gasteiger partial charge in [-0.05, 0) is 6.07 Å². The third-order valence-corrected chi connectivity index (χ3v) is 3.13. The van der Waals surface area contributed by atoms with Gasteiger partial charge in [0.05, 0.1) is 24.7 Å². The lowest BCUT2D eigenvalue weighted by atomic mass is 10.2. The summed E-state index contributed by atoms with van der Waals surface area (Å²) in [6, 6.07) is 7.01. The van der Waals surface area contributed by atoms with Gasteiger partial charge in [-0.2, -0.15) is 5.10 Å². The zero-order valence-corrected chi connectivity index (χ0v) is 12.7. The minimum Gasteiger partial charge on any atom is -0.383 e. The Hall–Kier alpha value is -2.74. The molecule has 0 spiro atoms. The Morgan fingerprint density at radius 2 is 2.00 bits per heavy atom. The normalized spacial score (nSPS) is 10.5. The topological polar surface area (TPSA) is 102 Å². The fraction of sp³-hybridized carbons (Fsp3) is 0.333. The standard InChI is InChI=1S/C15H18N4O4/c1-23-7-6-16-13(20)9-17-14(21)10-19-15(22)12-5-3-2-4-11(12)8-18-19/h2-5,8H,6-7,9-10H2,1H3,(H,16,20)(H,17,21). The Balaban J connectivity index is 1.92. The van der Waals surface area contributed by atoms with Crippen LogP contribution >= 0.6 is 0 Å². The van der Waals surface area contributed by atoms with Crippen LogP contribution in [0.15, 0.2) is 35.3 Å². The Labute approximate surface area is 132 Å². The number of rotatable bonds is 7. The highest BCUT2D eigenvalue weighted by Crippen LogP contribution is 2.05. The van der Waals surface area contributed by atoms with Gasteiger partial charge in [0.2, 0.25) is 11.8 Å². The van der Waals surface area contributed by atoms with Crippen molar-refractivity contribution in [1.29, 1.82) is 0 Å². The second-order valence-corrected chi connectivity index (χ2v) is 4.81. The SMILES string of the molecule is COCCNC(=O)CNC(=O)Cn1ncc2ccccc2c1=O. The predicted octanol–water partition coefficient (Wildman–Crippen LogP) is -0.725. The molecule has 0 aliphatic heterocycles. The van der Waals surface area contributed by atoms with Crippen molar-refractivity contribution < 1.29 is 14.3 Å². The number of aromatic nitrogens is 2. The van der Waals surface area contributed by atoms with Crippen molar-refractivity contribution >= 4 is 22.6 Å². The molecule has 0 saturated heterocycles. The van der Waals surface area contributed by atoms with E-state index in [1.807, 2.05) is 6.07 Å². The molecule has 0 radical (unpaired) electrons. The molecule has 2 aromatic rings. The Morgan fingerprint density at radius 3 is 2.78 bits per heavy atom. The molecule has 2 N–H and O–H groups in total. The molecule has 0 saturated carbocycles. The minimum atomic E-state index is -0.461. The van der Waals surface area contributed by atoms with Gasteiger partial charge in [0.25, 0.3) is 5.56 Å². The largest absolute Gasteiger partial charge is 0.383 e. The maximum atomic E-state index is 12.2. The first kappa shape index (κ1) is 16.6. The number of amides is 2. The number of hydrogen-bond donors (Lipinski definition) is 2. The van der Waals surface area contributed by atoms with E-state index in [4.69, 9.17) is 4.74 Å². The van der Waals surface area contributed by atoms with Crippen molar-refractivity contribution in [3.8, 4) is 0 Å². The van der Waals surface area contributed by atoms with Crippen molar-refractivity contribution in [2.24, 2.45) is 0 Å². The number of nitrogens with zero attached hydrogens (tertiary/aromatic N) is 2. The van der Waals surface area contributed by atoms with Crippen LogP contribution in [0.4, 0.5) is 0 Å². The average molecular weight is 318 g/mol. The molecular weight excluding hydrogens is 300 g/mol. The summed E-state index contributed by atoms with van der Waals surface area (Å²) in [5, 5.41) is 10.2. The highest BCUT2D eigenvalue weighted by atomic mass is 16.5. The molecule has 1 aromatic heterocycles. The summed E-state index contributed by atoms with van der Waals surface area (Å²) < 4.78 is 5.87. The van der Waals surface area contributed by atoms with Crippen molar-refractivity contribution in [2.45, 2.75) is 6.54 Å². The number of nitrogens with one attached hydrogen (secondary N) is 2. The van der Waals surface area contributed by atoms with E-state index in [0.29, 0.717) is 23.9 Å². The number of benzene rings is 1. The Morgan fingerprint density at radius 1 is 1.22 bits per heavy atom. The second-order valence-electron chi connectivity index (χ2n) is 4.81. The highest BCUT2D eigenvalue weighted by molar-refractivity contribution is 5.85. The monoisotopic (exact) mass is 318 g/mol. The first-order chi connectivity index (χ1) is 11.1. The highest BCUT2D eigenvalue weighted by Gasteiger charge is 2.09. The van der Waals surface area contributed by atoms with Gasteiger partial charge in [-0.3, -0.25) is 14.4 Å². The fourth-order valence-electron chi connectivity index (χ4n) is 1.97. The number of carbonyl (C=O) groups excluding carboxylic acids is 2. The third-order valence-electron chi connectivity index (χ3n) is 3.13. The van der Waals surface area contributed by atoms with Crippen LogP contribution in [0.3, 0.4) is 0 Å². The zero-order chi connectivity index (χ0) is 16.7. The number of fused-ring (bicyclic) bond motifs is 1. The Bertz CT molecular complexity index is 756. The Kier molecular flexibility index (Phi) is 5.81. The summed E-state index contributed by atoms with van der Waals surface area (Å²) in [7, 11) is 1.53. The average Bonchev–Trinajstić information content (AvgIpc) is 2.56. The lowest BCUT2D eigenvalue weighted by Crippen LogP contribution is -2.40. The van der Waals surface area contributed by atoms with Crippen LogP contribution in [0.2, 0.25) is 0 Å². The van der Waals surface area contributed by atoms with Crippen LogP contribution < -0.4 is 16.2 Å². The van der Waals surface area contributed by atoms with Gasteiger partial charge in [0.1, 0.15) is 6.54 Å².